The van der Waals surface area contributed by atoms with Crippen molar-refractivity contribution >= 4 is 17.5 Å². The number of para-hydroxylation sites is 1. The molecule has 1 aromatic heterocycles. The van der Waals surface area contributed by atoms with Gasteiger partial charge >= 0.3 is 0 Å². The van der Waals surface area contributed by atoms with Gasteiger partial charge in [-0.2, -0.15) is 0 Å². The van der Waals surface area contributed by atoms with E-state index in [1.54, 1.807) is 12.4 Å². The van der Waals surface area contributed by atoms with Crippen molar-refractivity contribution in [1.29, 1.82) is 0 Å². The van der Waals surface area contributed by atoms with Crippen LogP contribution in [0.15, 0.2) is 42.7 Å². The lowest BCUT2D eigenvalue weighted by molar-refractivity contribution is 0.102. The molecule has 5 nitrogen and oxygen atoms in total. The van der Waals surface area contributed by atoms with Crippen LogP contribution in [0.25, 0.3) is 0 Å². The molecule has 1 saturated carbocycles. The number of amides is 1. The SMILES string of the molecule is O=C(Nc1ccccc1)c1cnc(NC2CCCCCC2)nc1. The molecule has 0 bridgehead atoms. The topological polar surface area (TPSA) is 66.9 Å². The Hall–Kier alpha value is -2.43. The molecule has 1 amide bonds. The molecular weight excluding hydrogens is 288 g/mol. The van der Waals surface area contributed by atoms with Gasteiger partial charge in [-0.25, -0.2) is 9.97 Å². The fourth-order valence-electron chi connectivity index (χ4n) is 2.85. The zero-order chi connectivity index (χ0) is 15.9. The van der Waals surface area contributed by atoms with Crippen molar-refractivity contribution in [3.63, 3.8) is 0 Å². The summed E-state index contributed by atoms with van der Waals surface area (Å²) in [4.78, 5) is 20.7. The molecule has 0 spiro atoms. The summed E-state index contributed by atoms with van der Waals surface area (Å²) in [6, 6.07) is 9.81. The summed E-state index contributed by atoms with van der Waals surface area (Å²) in [5, 5.41) is 6.21. The van der Waals surface area contributed by atoms with E-state index in [0.29, 0.717) is 17.6 Å². The largest absolute Gasteiger partial charge is 0.351 e. The van der Waals surface area contributed by atoms with Crippen LogP contribution in [0.5, 0.6) is 0 Å². The van der Waals surface area contributed by atoms with Crippen molar-refractivity contribution in [3.8, 4) is 0 Å². The molecule has 1 heterocycles. The average molecular weight is 310 g/mol. The second kappa shape index (κ2) is 7.72. The number of hydrogen-bond acceptors (Lipinski definition) is 4. The van der Waals surface area contributed by atoms with Crippen molar-refractivity contribution in [2.45, 2.75) is 44.6 Å². The van der Waals surface area contributed by atoms with Crippen LogP contribution in [0.4, 0.5) is 11.6 Å². The Bertz CT molecular complexity index is 619. The first-order valence-electron chi connectivity index (χ1n) is 8.26. The molecule has 0 unspecified atom stereocenters. The minimum absolute atomic E-state index is 0.197. The fourth-order valence-corrected chi connectivity index (χ4v) is 2.85. The molecule has 1 aliphatic carbocycles. The third-order valence-corrected chi connectivity index (χ3v) is 4.13. The quantitative estimate of drug-likeness (QED) is 0.841. The first-order valence-corrected chi connectivity index (χ1v) is 8.26. The number of nitrogens with zero attached hydrogens (tertiary/aromatic N) is 2. The van der Waals surface area contributed by atoms with E-state index in [2.05, 4.69) is 20.6 Å². The fraction of sp³-hybridized carbons (Fsp3) is 0.389. The van der Waals surface area contributed by atoms with E-state index in [0.717, 1.165) is 5.69 Å². The number of carbonyl (C=O) groups is 1. The van der Waals surface area contributed by atoms with Gasteiger partial charge in [-0.05, 0) is 25.0 Å². The summed E-state index contributed by atoms with van der Waals surface area (Å²) in [6.45, 7) is 0. The lowest BCUT2D eigenvalue weighted by Gasteiger charge is -2.15. The van der Waals surface area contributed by atoms with Gasteiger partial charge in [-0.15, -0.1) is 0 Å². The van der Waals surface area contributed by atoms with E-state index in [1.165, 1.54) is 38.5 Å². The predicted octanol–water partition coefficient (Wildman–Crippen LogP) is 3.86. The van der Waals surface area contributed by atoms with Gasteiger partial charge in [0.1, 0.15) is 0 Å². The summed E-state index contributed by atoms with van der Waals surface area (Å²) in [6.07, 6.45) is 10.6. The summed E-state index contributed by atoms with van der Waals surface area (Å²) >= 11 is 0. The van der Waals surface area contributed by atoms with Crippen molar-refractivity contribution in [2.24, 2.45) is 0 Å². The van der Waals surface area contributed by atoms with Crippen molar-refractivity contribution in [2.75, 3.05) is 10.6 Å². The number of hydrogen-bond donors (Lipinski definition) is 2. The van der Waals surface area contributed by atoms with Gasteiger partial charge in [-0.3, -0.25) is 4.79 Å². The van der Waals surface area contributed by atoms with Crippen molar-refractivity contribution in [1.82, 2.24) is 9.97 Å². The molecule has 0 aliphatic heterocycles. The zero-order valence-electron chi connectivity index (χ0n) is 13.2. The van der Waals surface area contributed by atoms with Gasteiger partial charge in [0, 0.05) is 24.1 Å². The van der Waals surface area contributed by atoms with Gasteiger partial charge in [-0.1, -0.05) is 43.9 Å². The molecule has 0 radical (unpaired) electrons. The predicted molar refractivity (Wildman–Crippen MR) is 91.5 cm³/mol. The van der Waals surface area contributed by atoms with E-state index < -0.39 is 0 Å². The van der Waals surface area contributed by atoms with Gasteiger partial charge < -0.3 is 10.6 Å². The summed E-state index contributed by atoms with van der Waals surface area (Å²) < 4.78 is 0. The molecule has 2 N–H and O–H groups in total. The van der Waals surface area contributed by atoms with Gasteiger partial charge in [0.25, 0.3) is 5.91 Å². The van der Waals surface area contributed by atoms with Crippen LogP contribution in [0, 0.1) is 0 Å². The number of nitrogens with one attached hydrogen (secondary N) is 2. The van der Waals surface area contributed by atoms with E-state index in [-0.39, 0.29) is 5.91 Å². The molecular formula is C18H22N4O. The Morgan fingerprint density at radius 3 is 2.26 bits per heavy atom. The molecule has 5 heteroatoms. The standard InChI is InChI=1S/C18H22N4O/c23-17(21-15-8-6-3-7-9-15)14-12-19-18(20-13-14)22-16-10-4-1-2-5-11-16/h3,6-9,12-13,16H,1-2,4-5,10-11H2,(H,21,23)(H,19,20,22). The molecule has 1 fully saturated rings. The maximum absolute atomic E-state index is 12.1. The maximum Gasteiger partial charge on any atom is 0.258 e. The molecule has 3 rings (SSSR count). The van der Waals surface area contributed by atoms with Crippen LogP contribution in [0.1, 0.15) is 48.9 Å². The van der Waals surface area contributed by atoms with Crippen LogP contribution >= 0.6 is 0 Å². The average Bonchev–Trinajstić information content (AvgIpc) is 2.85. The highest BCUT2D eigenvalue weighted by atomic mass is 16.1. The molecule has 0 atom stereocenters. The van der Waals surface area contributed by atoms with E-state index >= 15 is 0 Å². The maximum atomic E-state index is 12.1. The molecule has 2 aromatic rings. The summed E-state index contributed by atoms with van der Waals surface area (Å²) in [5.41, 5.74) is 1.22. The van der Waals surface area contributed by atoms with Crippen LogP contribution in [0.2, 0.25) is 0 Å². The number of anilines is 2. The number of aromatic nitrogens is 2. The Morgan fingerprint density at radius 2 is 1.61 bits per heavy atom. The van der Waals surface area contributed by atoms with E-state index in [4.69, 9.17) is 0 Å². The Labute approximate surface area is 136 Å². The number of benzene rings is 1. The Kier molecular flexibility index (Phi) is 5.19. The van der Waals surface area contributed by atoms with Crippen LogP contribution in [-0.4, -0.2) is 21.9 Å². The van der Waals surface area contributed by atoms with Crippen molar-refractivity contribution in [3.05, 3.63) is 48.3 Å². The minimum Gasteiger partial charge on any atom is -0.351 e. The third-order valence-electron chi connectivity index (χ3n) is 4.13. The monoisotopic (exact) mass is 310 g/mol. The highest BCUT2D eigenvalue weighted by Crippen LogP contribution is 2.19. The van der Waals surface area contributed by atoms with Gasteiger partial charge in [0.05, 0.1) is 5.56 Å². The number of carbonyl (C=O) groups excluding carboxylic acids is 1. The second-order valence-corrected chi connectivity index (χ2v) is 5.95. The summed E-state index contributed by atoms with van der Waals surface area (Å²) in [5.74, 6) is 0.408. The molecule has 0 saturated heterocycles. The van der Waals surface area contributed by atoms with E-state index in [9.17, 15) is 4.79 Å². The van der Waals surface area contributed by atoms with Crippen LogP contribution < -0.4 is 10.6 Å². The van der Waals surface area contributed by atoms with Crippen LogP contribution in [-0.2, 0) is 0 Å². The van der Waals surface area contributed by atoms with Gasteiger partial charge in [0.15, 0.2) is 0 Å². The zero-order valence-corrected chi connectivity index (χ0v) is 13.2. The second-order valence-electron chi connectivity index (χ2n) is 5.95. The molecule has 120 valence electrons. The first-order chi connectivity index (χ1) is 11.3. The lowest BCUT2D eigenvalue weighted by atomic mass is 10.1. The Morgan fingerprint density at radius 1 is 0.957 bits per heavy atom. The minimum atomic E-state index is -0.197. The molecule has 1 aliphatic rings. The lowest BCUT2D eigenvalue weighted by Crippen LogP contribution is -2.20. The van der Waals surface area contributed by atoms with E-state index in [1.807, 2.05) is 30.3 Å². The first kappa shape index (κ1) is 15.5. The highest BCUT2D eigenvalue weighted by molar-refractivity contribution is 6.03. The third kappa shape index (κ3) is 4.52. The normalized spacial score (nSPS) is 15.7. The molecule has 1 aromatic carbocycles. The number of rotatable bonds is 4. The molecule has 23 heavy (non-hydrogen) atoms. The summed E-state index contributed by atoms with van der Waals surface area (Å²) in [7, 11) is 0. The van der Waals surface area contributed by atoms with Crippen LogP contribution in [0.3, 0.4) is 0 Å². The Balaban J connectivity index is 1.59. The smallest absolute Gasteiger partial charge is 0.258 e. The van der Waals surface area contributed by atoms with Gasteiger partial charge in [0.2, 0.25) is 5.95 Å². The van der Waals surface area contributed by atoms with Crippen molar-refractivity contribution < 1.29 is 4.79 Å². The highest BCUT2D eigenvalue weighted by Gasteiger charge is 2.13.